The van der Waals surface area contributed by atoms with Crippen LogP contribution in [0.15, 0.2) is 35.3 Å². The molecule has 2 fully saturated rings. The Bertz CT molecular complexity index is 931. The molecule has 2 aromatic rings. The summed E-state index contributed by atoms with van der Waals surface area (Å²) in [4.78, 5) is 12.6. The van der Waals surface area contributed by atoms with Crippen LogP contribution in [0, 0.1) is 5.92 Å². The molecule has 0 spiro atoms. The van der Waals surface area contributed by atoms with Gasteiger partial charge in [0.05, 0.1) is 29.2 Å². The first kappa shape index (κ1) is 19.3. The van der Waals surface area contributed by atoms with Crippen molar-refractivity contribution in [2.75, 3.05) is 11.9 Å². The van der Waals surface area contributed by atoms with E-state index in [-0.39, 0.29) is 22.9 Å². The molecule has 1 saturated carbocycles. The molecule has 1 aromatic carbocycles. The number of hydrogen-bond donors (Lipinski definition) is 1. The van der Waals surface area contributed by atoms with Crippen LogP contribution < -0.4 is 10.9 Å². The lowest BCUT2D eigenvalue weighted by atomic mass is 9.82. The number of nitrogens with zero attached hydrogens (tertiary/aromatic N) is 2. The van der Waals surface area contributed by atoms with Gasteiger partial charge in [-0.15, -0.1) is 0 Å². The predicted molar refractivity (Wildman–Crippen MR) is 99.0 cm³/mol. The van der Waals surface area contributed by atoms with Crippen molar-refractivity contribution in [1.82, 2.24) is 9.78 Å². The average molecular weight is 414 g/mol. The minimum atomic E-state index is -4.51. The average Bonchev–Trinajstić information content (AvgIpc) is 3.15. The number of ether oxygens (including phenoxy) is 1. The highest BCUT2D eigenvalue weighted by Gasteiger charge is 2.38. The Morgan fingerprint density at radius 3 is 2.86 bits per heavy atom. The summed E-state index contributed by atoms with van der Waals surface area (Å²) >= 11 is 6.25. The molecule has 150 valence electrons. The molecule has 0 amide bonds. The lowest BCUT2D eigenvalue weighted by Crippen LogP contribution is -2.38. The Kier molecular flexibility index (Phi) is 5.09. The molecule has 2 heterocycles. The number of hydrogen-bond acceptors (Lipinski definition) is 4. The van der Waals surface area contributed by atoms with E-state index < -0.39 is 17.3 Å². The molecule has 1 aliphatic heterocycles. The lowest BCUT2D eigenvalue weighted by Gasteiger charge is -2.34. The molecule has 28 heavy (non-hydrogen) atoms. The van der Waals surface area contributed by atoms with Gasteiger partial charge in [-0.3, -0.25) is 4.79 Å². The van der Waals surface area contributed by atoms with Gasteiger partial charge in [-0.05, 0) is 43.9 Å². The fourth-order valence-corrected chi connectivity index (χ4v) is 4.27. The summed E-state index contributed by atoms with van der Waals surface area (Å²) in [5.74, 6) is 0.357. The second kappa shape index (κ2) is 7.40. The number of rotatable bonds is 3. The van der Waals surface area contributed by atoms with E-state index in [1.165, 1.54) is 18.3 Å². The van der Waals surface area contributed by atoms with Crippen molar-refractivity contribution < 1.29 is 17.9 Å². The Hall–Kier alpha value is -2.06. The smallest absolute Gasteiger partial charge is 0.379 e. The number of alkyl halides is 3. The zero-order valence-electron chi connectivity index (χ0n) is 14.9. The molecule has 1 saturated heterocycles. The zero-order chi connectivity index (χ0) is 19.9. The first-order chi connectivity index (χ1) is 13.3. The highest BCUT2D eigenvalue weighted by molar-refractivity contribution is 6.33. The third kappa shape index (κ3) is 3.63. The number of aromatic nitrogens is 2. The Labute approximate surface area is 164 Å². The molecule has 9 heteroatoms. The molecule has 3 unspecified atom stereocenters. The topological polar surface area (TPSA) is 56.1 Å². The van der Waals surface area contributed by atoms with Gasteiger partial charge in [0.25, 0.3) is 5.56 Å². The van der Waals surface area contributed by atoms with Crippen molar-refractivity contribution in [1.29, 1.82) is 0 Å². The summed E-state index contributed by atoms with van der Waals surface area (Å²) in [5, 5.41) is 7.26. The fourth-order valence-electron chi connectivity index (χ4n) is 4.09. The van der Waals surface area contributed by atoms with Crippen LogP contribution in [-0.4, -0.2) is 28.5 Å². The largest absolute Gasteiger partial charge is 0.416 e. The summed E-state index contributed by atoms with van der Waals surface area (Å²) in [6.07, 6.45) is 1.06. The summed E-state index contributed by atoms with van der Waals surface area (Å²) in [6, 6.07) is 4.56. The molecule has 3 atom stereocenters. The summed E-state index contributed by atoms with van der Waals surface area (Å²) in [5.41, 5.74) is -1.12. The molecule has 1 N–H and O–H groups in total. The maximum Gasteiger partial charge on any atom is 0.416 e. The predicted octanol–water partition coefficient (Wildman–Crippen LogP) is 4.27. The van der Waals surface area contributed by atoms with Gasteiger partial charge in [0.15, 0.2) is 0 Å². The van der Waals surface area contributed by atoms with E-state index in [0.717, 1.165) is 49.1 Å². The monoisotopic (exact) mass is 413 g/mol. The number of anilines is 1. The van der Waals surface area contributed by atoms with Crippen LogP contribution in [0.2, 0.25) is 5.02 Å². The van der Waals surface area contributed by atoms with Gasteiger partial charge < -0.3 is 10.1 Å². The molecule has 1 aromatic heterocycles. The molecule has 0 radical (unpaired) electrons. The van der Waals surface area contributed by atoms with Crippen molar-refractivity contribution >= 4 is 17.3 Å². The Morgan fingerprint density at radius 2 is 2.07 bits per heavy atom. The quantitative estimate of drug-likeness (QED) is 0.816. The van der Waals surface area contributed by atoms with E-state index in [4.69, 9.17) is 16.3 Å². The van der Waals surface area contributed by atoms with Crippen molar-refractivity contribution in [3.8, 4) is 5.69 Å². The van der Waals surface area contributed by atoms with Crippen molar-refractivity contribution in [2.45, 2.75) is 44.0 Å². The molecule has 0 bridgehead atoms. The molecule has 2 aliphatic rings. The van der Waals surface area contributed by atoms with Crippen LogP contribution in [0.1, 0.15) is 31.2 Å². The molecular weight excluding hydrogens is 395 g/mol. The zero-order valence-corrected chi connectivity index (χ0v) is 15.6. The number of halogens is 4. The van der Waals surface area contributed by atoms with Gasteiger partial charge in [0.1, 0.15) is 5.02 Å². The minimum Gasteiger partial charge on any atom is -0.379 e. The fraction of sp³-hybridized carbons (Fsp3) is 0.474. The van der Waals surface area contributed by atoms with Gasteiger partial charge in [0, 0.05) is 18.6 Å². The number of fused-ring (bicyclic) bond motifs is 1. The number of nitrogens with one attached hydrogen (secondary N) is 1. The third-order valence-electron chi connectivity index (χ3n) is 5.46. The standard InChI is InChI=1S/C19H19ClF3N3O2/c20-17-15(25-14-5-2-6-16-13(14)7-8-28-16)10-24-26(18(17)27)12-4-1-3-11(9-12)19(21,22)23/h1,3-4,9-10,13-14,16,25H,2,5-8H2. The first-order valence-corrected chi connectivity index (χ1v) is 9.56. The van der Waals surface area contributed by atoms with Crippen LogP contribution in [-0.2, 0) is 10.9 Å². The first-order valence-electron chi connectivity index (χ1n) is 9.18. The van der Waals surface area contributed by atoms with Gasteiger partial charge in [0.2, 0.25) is 0 Å². The van der Waals surface area contributed by atoms with E-state index in [0.29, 0.717) is 11.6 Å². The second-order valence-corrected chi connectivity index (χ2v) is 7.56. The summed E-state index contributed by atoms with van der Waals surface area (Å²) < 4.78 is 45.5. The highest BCUT2D eigenvalue weighted by atomic mass is 35.5. The Balaban J connectivity index is 1.62. The van der Waals surface area contributed by atoms with Gasteiger partial charge in [-0.2, -0.15) is 23.0 Å². The molecule has 1 aliphatic carbocycles. The number of benzene rings is 1. The van der Waals surface area contributed by atoms with Crippen molar-refractivity contribution in [3.63, 3.8) is 0 Å². The van der Waals surface area contributed by atoms with E-state index in [2.05, 4.69) is 10.4 Å². The van der Waals surface area contributed by atoms with E-state index in [1.54, 1.807) is 0 Å². The van der Waals surface area contributed by atoms with Crippen LogP contribution >= 0.6 is 11.6 Å². The lowest BCUT2D eigenvalue weighted by molar-refractivity contribution is -0.137. The highest BCUT2D eigenvalue weighted by Crippen LogP contribution is 2.36. The molecular formula is C19H19ClF3N3O2. The maximum absolute atomic E-state index is 12.9. The van der Waals surface area contributed by atoms with Crippen LogP contribution in [0.5, 0.6) is 0 Å². The van der Waals surface area contributed by atoms with Crippen molar-refractivity contribution in [3.05, 3.63) is 51.4 Å². The van der Waals surface area contributed by atoms with Crippen LogP contribution in [0.25, 0.3) is 5.69 Å². The van der Waals surface area contributed by atoms with Gasteiger partial charge in [-0.25, -0.2) is 0 Å². The normalized spacial score (nSPS) is 24.8. The molecule has 4 rings (SSSR count). The minimum absolute atomic E-state index is 0.00944. The SMILES string of the molecule is O=c1c(Cl)c(NC2CCCC3OCCC23)cnn1-c1cccc(C(F)(F)F)c1. The van der Waals surface area contributed by atoms with Gasteiger partial charge >= 0.3 is 6.18 Å². The Morgan fingerprint density at radius 1 is 1.25 bits per heavy atom. The second-order valence-electron chi connectivity index (χ2n) is 7.18. The van der Waals surface area contributed by atoms with E-state index >= 15 is 0 Å². The summed E-state index contributed by atoms with van der Waals surface area (Å²) in [6.45, 7) is 0.733. The van der Waals surface area contributed by atoms with Crippen LogP contribution in [0.4, 0.5) is 18.9 Å². The van der Waals surface area contributed by atoms with E-state index in [9.17, 15) is 18.0 Å². The van der Waals surface area contributed by atoms with Gasteiger partial charge in [-0.1, -0.05) is 17.7 Å². The summed E-state index contributed by atoms with van der Waals surface area (Å²) in [7, 11) is 0. The van der Waals surface area contributed by atoms with Crippen LogP contribution in [0.3, 0.4) is 0 Å². The molecule has 5 nitrogen and oxygen atoms in total. The maximum atomic E-state index is 12.9. The van der Waals surface area contributed by atoms with Crippen molar-refractivity contribution in [2.24, 2.45) is 5.92 Å². The third-order valence-corrected chi connectivity index (χ3v) is 5.82. The van der Waals surface area contributed by atoms with E-state index in [1.807, 2.05) is 0 Å².